The molecule has 1 N–H and O–H groups in total. The number of nitrogens with zero attached hydrogens (tertiary/aromatic N) is 2. The van der Waals surface area contributed by atoms with Gasteiger partial charge < -0.3 is 10.2 Å². The summed E-state index contributed by atoms with van der Waals surface area (Å²) in [5.74, 6) is 0. The van der Waals surface area contributed by atoms with Crippen LogP contribution in [0.4, 0.5) is 5.69 Å². The SMILES string of the molecule is CNCCCN(C)Cc1ccc(Cl)c([N+](=O)[O-])c1. The van der Waals surface area contributed by atoms with Gasteiger partial charge in [0.1, 0.15) is 5.02 Å². The molecule has 0 unspecified atom stereocenters. The molecule has 5 nitrogen and oxygen atoms in total. The van der Waals surface area contributed by atoms with Crippen molar-refractivity contribution >= 4 is 17.3 Å². The van der Waals surface area contributed by atoms with Gasteiger partial charge in [0.25, 0.3) is 5.69 Å². The summed E-state index contributed by atoms with van der Waals surface area (Å²) in [5, 5.41) is 14.0. The molecule has 0 aromatic heterocycles. The lowest BCUT2D eigenvalue weighted by molar-refractivity contribution is -0.384. The highest BCUT2D eigenvalue weighted by molar-refractivity contribution is 6.32. The van der Waals surface area contributed by atoms with Crippen molar-refractivity contribution in [2.45, 2.75) is 13.0 Å². The molecule has 18 heavy (non-hydrogen) atoms. The van der Waals surface area contributed by atoms with Crippen molar-refractivity contribution in [3.8, 4) is 0 Å². The zero-order valence-corrected chi connectivity index (χ0v) is 11.4. The van der Waals surface area contributed by atoms with Crippen molar-refractivity contribution in [3.05, 3.63) is 38.9 Å². The number of hydrogen-bond acceptors (Lipinski definition) is 4. The normalized spacial score (nSPS) is 10.9. The summed E-state index contributed by atoms with van der Waals surface area (Å²) >= 11 is 5.77. The van der Waals surface area contributed by atoms with Crippen molar-refractivity contribution in [3.63, 3.8) is 0 Å². The summed E-state index contributed by atoms with van der Waals surface area (Å²) in [6.07, 6.45) is 1.04. The van der Waals surface area contributed by atoms with Crippen LogP contribution < -0.4 is 5.32 Å². The van der Waals surface area contributed by atoms with Crippen molar-refractivity contribution in [2.75, 3.05) is 27.2 Å². The van der Waals surface area contributed by atoms with Crippen LogP contribution in [0.3, 0.4) is 0 Å². The van der Waals surface area contributed by atoms with E-state index < -0.39 is 4.92 Å². The van der Waals surface area contributed by atoms with E-state index in [-0.39, 0.29) is 10.7 Å². The molecule has 0 radical (unpaired) electrons. The van der Waals surface area contributed by atoms with Gasteiger partial charge in [-0.15, -0.1) is 0 Å². The van der Waals surface area contributed by atoms with Crippen LogP contribution in [0.2, 0.25) is 5.02 Å². The summed E-state index contributed by atoms with van der Waals surface area (Å²) in [5.41, 5.74) is 0.871. The topological polar surface area (TPSA) is 58.4 Å². The van der Waals surface area contributed by atoms with Gasteiger partial charge in [-0.3, -0.25) is 10.1 Å². The Kier molecular flexibility index (Phi) is 6.04. The molecule has 0 bridgehead atoms. The van der Waals surface area contributed by atoms with Crippen LogP contribution >= 0.6 is 11.6 Å². The number of hydrogen-bond donors (Lipinski definition) is 1. The Balaban J connectivity index is 2.62. The summed E-state index contributed by atoms with van der Waals surface area (Å²) < 4.78 is 0. The fourth-order valence-corrected chi connectivity index (χ4v) is 1.90. The van der Waals surface area contributed by atoms with Crippen LogP contribution in [0, 0.1) is 10.1 Å². The van der Waals surface area contributed by atoms with Crippen LogP contribution in [-0.4, -0.2) is 37.0 Å². The highest BCUT2D eigenvalue weighted by Crippen LogP contribution is 2.25. The maximum atomic E-state index is 10.8. The molecule has 1 rings (SSSR count). The molecule has 0 aliphatic rings. The van der Waals surface area contributed by atoms with E-state index >= 15 is 0 Å². The van der Waals surface area contributed by atoms with Gasteiger partial charge in [-0.25, -0.2) is 0 Å². The molecule has 0 fully saturated rings. The van der Waals surface area contributed by atoms with Gasteiger partial charge in [-0.2, -0.15) is 0 Å². The van der Waals surface area contributed by atoms with Crippen molar-refractivity contribution in [1.29, 1.82) is 0 Å². The molecule has 0 atom stereocenters. The van der Waals surface area contributed by atoms with E-state index in [2.05, 4.69) is 10.2 Å². The number of nitro groups is 1. The van der Waals surface area contributed by atoms with Crippen LogP contribution in [0.5, 0.6) is 0 Å². The molecule has 0 heterocycles. The summed E-state index contributed by atoms with van der Waals surface area (Å²) in [6.45, 7) is 2.59. The van der Waals surface area contributed by atoms with E-state index in [4.69, 9.17) is 11.6 Å². The third-order valence-corrected chi connectivity index (χ3v) is 2.95. The molecule has 0 aliphatic heterocycles. The molecule has 100 valence electrons. The second-order valence-corrected chi connectivity index (χ2v) is 4.64. The molecule has 0 saturated carbocycles. The number of nitro benzene ring substituents is 1. The monoisotopic (exact) mass is 271 g/mol. The van der Waals surface area contributed by atoms with E-state index in [1.807, 2.05) is 20.2 Å². The number of nitrogens with one attached hydrogen (secondary N) is 1. The van der Waals surface area contributed by atoms with Gasteiger partial charge in [-0.1, -0.05) is 17.7 Å². The molecule has 1 aromatic carbocycles. The van der Waals surface area contributed by atoms with E-state index in [1.165, 1.54) is 6.07 Å². The zero-order chi connectivity index (χ0) is 13.5. The predicted octanol–water partition coefficient (Wildman–Crippen LogP) is 2.29. The largest absolute Gasteiger partial charge is 0.320 e. The van der Waals surface area contributed by atoms with Crippen molar-refractivity contribution in [2.24, 2.45) is 0 Å². The Hall–Kier alpha value is -1.17. The third-order valence-electron chi connectivity index (χ3n) is 2.63. The molecule has 0 aliphatic carbocycles. The van der Waals surface area contributed by atoms with Gasteiger partial charge in [0, 0.05) is 12.6 Å². The second kappa shape index (κ2) is 7.31. The molecular formula is C12H18ClN3O2. The number of halogens is 1. The lowest BCUT2D eigenvalue weighted by atomic mass is 10.2. The highest BCUT2D eigenvalue weighted by Gasteiger charge is 2.13. The smallest absolute Gasteiger partial charge is 0.288 e. The van der Waals surface area contributed by atoms with Crippen LogP contribution in [-0.2, 0) is 6.54 Å². The Bertz CT molecular complexity index is 412. The minimum atomic E-state index is -0.452. The first-order chi connectivity index (χ1) is 8.54. The summed E-state index contributed by atoms with van der Waals surface area (Å²) in [4.78, 5) is 12.4. The average Bonchev–Trinajstić information content (AvgIpc) is 2.31. The van der Waals surface area contributed by atoms with Gasteiger partial charge in [0.2, 0.25) is 0 Å². The molecule has 0 saturated heterocycles. The molecule has 0 amide bonds. The van der Waals surface area contributed by atoms with Gasteiger partial charge in [0.15, 0.2) is 0 Å². The highest BCUT2D eigenvalue weighted by atomic mass is 35.5. The molecule has 0 spiro atoms. The van der Waals surface area contributed by atoms with Gasteiger partial charge >= 0.3 is 0 Å². The molecular weight excluding hydrogens is 254 g/mol. The molecule has 1 aromatic rings. The summed E-state index contributed by atoms with van der Waals surface area (Å²) in [7, 11) is 3.92. The maximum absolute atomic E-state index is 10.8. The van der Waals surface area contributed by atoms with E-state index in [0.717, 1.165) is 25.1 Å². The lowest BCUT2D eigenvalue weighted by Crippen LogP contribution is -2.22. The van der Waals surface area contributed by atoms with E-state index in [9.17, 15) is 10.1 Å². The zero-order valence-electron chi connectivity index (χ0n) is 10.6. The first kappa shape index (κ1) is 14.9. The number of benzene rings is 1. The lowest BCUT2D eigenvalue weighted by Gasteiger charge is -2.16. The minimum Gasteiger partial charge on any atom is -0.320 e. The fourth-order valence-electron chi connectivity index (χ4n) is 1.71. The quantitative estimate of drug-likeness (QED) is 0.470. The van der Waals surface area contributed by atoms with Crippen LogP contribution in [0.15, 0.2) is 18.2 Å². The first-order valence-corrected chi connectivity index (χ1v) is 6.18. The predicted molar refractivity (Wildman–Crippen MR) is 73.0 cm³/mol. The van der Waals surface area contributed by atoms with Gasteiger partial charge in [-0.05, 0) is 45.2 Å². The van der Waals surface area contributed by atoms with Crippen LogP contribution in [0.25, 0.3) is 0 Å². The Morgan fingerprint density at radius 1 is 1.50 bits per heavy atom. The maximum Gasteiger partial charge on any atom is 0.288 e. The van der Waals surface area contributed by atoms with Crippen molar-refractivity contribution in [1.82, 2.24) is 10.2 Å². The average molecular weight is 272 g/mol. The second-order valence-electron chi connectivity index (χ2n) is 4.24. The Morgan fingerprint density at radius 3 is 2.83 bits per heavy atom. The van der Waals surface area contributed by atoms with E-state index in [1.54, 1.807) is 6.07 Å². The van der Waals surface area contributed by atoms with Crippen LogP contribution in [0.1, 0.15) is 12.0 Å². The van der Waals surface area contributed by atoms with Crippen molar-refractivity contribution < 1.29 is 4.92 Å². The minimum absolute atomic E-state index is 0.0298. The Labute approximate surface area is 112 Å². The van der Waals surface area contributed by atoms with Gasteiger partial charge in [0.05, 0.1) is 4.92 Å². The summed E-state index contributed by atoms with van der Waals surface area (Å²) in [6, 6.07) is 4.94. The Morgan fingerprint density at radius 2 is 2.22 bits per heavy atom. The fraction of sp³-hybridized carbons (Fsp3) is 0.500. The first-order valence-electron chi connectivity index (χ1n) is 5.80. The number of rotatable bonds is 7. The standard InChI is InChI=1S/C12H18ClN3O2/c1-14-6-3-7-15(2)9-10-4-5-11(13)12(8-10)16(17)18/h4-5,8,14H,3,6-7,9H2,1-2H3. The molecule has 6 heteroatoms. The van der Waals surface area contributed by atoms with E-state index in [0.29, 0.717) is 6.54 Å². The third kappa shape index (κ3) is 4.60.